The molecule has 0 saturated heterocycles. The highest BCUT2D eigenvalue weighted by Crippen LogP contribution is 2.39. The van der Waals surface area contributed by atoms with Crippen molar-refractivity contribution >= 4 is 59.6 Å². The molecule has 0 radical (unpaired) electrons. The van der Waals surface area contributed by atoms with Crippen LogP contribution in [0.25, 0.3) is 59.1 Å². The Labute approximate surface area is 366 Å². The van der Waals surface area contributed by atoms with Gasteiger partial charge in [0.05, 0.1) is 0 Å². The lowest BCUT2D eigenvalue weighted by molar-refractivity contribution is 1.02. The van der Waals surface area contributed by atoms with Crippen molar-refractivity contribution in [3.05, 3.63) is 235 Å². The molecule has 8 rings (SSSR count). The summed E-state index contributed by atoms with van der Waals surface area (Å²) in [6.45, 7) is 8.53. The highest BCUT2D eigenvalue weighted by molar-refractivity contribution is 7.25. The number of allylic oxidation sites excluding steroid dienone is 15. The van der Waals surface area contributed by atoms with Gasteiger partial charge < -0.3 is 4.90 Å². The van der Waals surface area contributed by atoms with Gasteiger partial charge in [0.15, 0.2) is 0 Å². The maximum Gasteiger partial charge on any atom is 0.0461 e. The quantitative estimate of drug-likeness (QED) is 0.111. The zero-order valence-electron chi connectivity index (χ0n) is 35.7. The number of nitrogens with zero attached hydrogens (tertiary/aromatic N) is 1. The van der Waals surface area contributed by atoms with Crippen LogP contribution in [0.4, 0.5) is 11.4 Å². The number of hydrogen-bond acceptors (Lipinski definition) is 2. The molecule has 0 saturated carbocycles. The molecule has 1 aromatic heterocycles. The largest absolute Gasteiger partial charge is 0.311 e. The molecule has 2 heteroatoms. The summed E-state index contributed by atoms with van der Waals surface area (Å²) in [7, 11) is 0. The molecule has 1 aliphatic carbocycles. The summed E-state index contributed by atoms with van der Waals surface area (Å²) in [6.07, 6.45) is 29.6. The normalized spacial score (nSPS) is 16.2. The Morgan fingerprint density at radius 2 is 1.23 bits per heavy atom. The highest BCUT2D eigenvalue weighted by atomic mass is 32.1. The fourth-order valence-corrected chi connectivity index (χ4v) is 9.26. The summed E-state index contributed by atoms with van der Waals surface area (Å²) in [5.41, 5.74) is 15.6. The number of hydrogen-bond donors (Lipinski definition) is 0. The first kappa shape index (κ1) is 41.0. The van der Waals surface area contributed by atoms with Crippen LogP contribution in [0.1, 0.15) is 63.6 Å². The van der Waals surface area contributed by atoms with Crippen molar-refractivity contribution in [2.24, 2.45) is 0 Å². The molecule has 0 fully saturated rings. The third-order valence-electron chi connectivity index (χ3n) is 11.3. The molecule has 1 aliphatic rings. The first-order valence-corrected chi connectivity index (χ1v) is 22.4. The summed E-state index contributed by atoms with van der Waals surface area (Å²) in [6, 6.07) is 51.4. The Morgan fingerprint density at radius 3 is 1.95 bits per heavy atom. The Balaban J connectivity index is 1.17. The van der Waals surface area contributed by atoms with Crippen LogP contribution in [0.5, 0.6) is 0 Å². The van der Waals surface area contributed by atoms with Gasteiger partial charge in [0.1, 0.15) is 0 Å². The molecule has 0 unspecified atom stereocenters. The maximum absolute atomic E-state index is 2.41. The van der Waals surface area contributed by atoms with Gasteiger partial charge in [0.2, 0.25) is 0 Å². The van der Waals surface area contributed by atoms with E-state index in [4.69, 9.17) is 0 Å². The molecule has 61 heavy (non-hydrogen) atoms. The van der Waals surface area contributed by atoms with E-state index in [1.165, 1.54) is 75.8 Å². The monoisotopic (exact) mass is 807 g/mol. The zero-order chi connectivity index (χ0) is 42.0. The SMILES string of the molecule is C\C=C/C=C(\C=C/C)c1cc(-c2ccc(N(C3=C/CC/C=C(c4ccccc4)/C=C\3)c3ccc(-c4ccc5c(c4)sc4ccccc45)cc3)cc2)ccc1/C(C)=C/C=C\CC. The van der Waals surface area contributed by atoms with Crippen molar-refractivity contribution in [1.29, 1.82) is 0 Å². The van der Waals surface area contributed by atoms with Gasteiger partial charge in [0.25, 0.3) is 0 Å². The van der Waals surface area contributed by atoms with Gasteiger partial charge in [-0.15, -0.1) is 11.3 Å². The van der Waals surface area contributed by atoms with Crippen LogP contribution in [0, 0.1) is 0 Å². The lowest BCUT2D eigenvalue weighted by Gasteiger charge is -2.27. The van der Waals surface area contributed by atoms with E-state index in [-0.39, 0.29) is 0 Å². The lowest BCUT2D eigenvalue weighted by atomic mass is 9.90. The highest BCUT2D eigenvalue weighted by Gasteiger charge is 2.17. The Bertz CT molecular complexity index is 2890. The molecule has 0 amide bonds. The van der Waals surface area contributed by atoms with Gasteiger partial charge >= 0.3 is 0 Å². The summed E-state index contributed by atoms with van der Waals surface area (Å²) in [4.78, 5) is 2.41. The lowest BCUT2D eigenvalue weighted by Crippen LogP contribution is -2.15. The van der Waals surface area contributed by atoms with Crippen molar-refractivity contribution in [2.75, 3.05) is 4.90 Å². The minimum absolute atomic E-state index is 0.949. The summed E-state index contributed by atoms with van der Waals surface area (Å²) >= 11 is 1.87. The second-order valence-electron chi connectivity index (χ2n) is 15.4. The van der Waals surface area contributed by atoms with Crippen molar-refractivity contribution in [2.45, 2.75) is 47.0 Å². The van der Waals surface area contributed by atoms with Crippen LogP contribution in [-0.4, -0.2) is 0 Å². The molecule has 1 heterocycles. The predicted octanol–water partition coefficient (Wildman–Crippen LogP) is 17.7. The van der Waals surface area contributed by atoms with Crippen LogP contribution in [-0.2, 0) is 0 Å². The van der Waals surface area contributed by atoms with Gasteiger partial charge in [-0.25, -0.2) is 0 Å². The van der Waals surface area contributed by atoms with E-state index in [9.17, 15) is 0 Å². The van der Waals surface area contributed by atoms with Crippen LogP contribution in [0.2, 0.25) is 0 Å². The van der Waals surface area contributed by atoms with Crippen molar-refractivity contribution < 1.29 is 0 Å². The molecular formula is C59H53NS. The third-order valence-corrected chi connectivity index (χ3v) is 12.4. The van der Waals surface area contributed by atoms with Gasteiger partial charge in [-0.3, -0.25) is 0 Å². The zero-order valence-corrected chi connectivity index (χ0v) is 36.5. The average Bonchev–Trinajstić information content (AvgIpc) is 3.67. The average molecular weight is 808 g/mol. The summed E-state index contributed by atoms with van der Waals surface area (Å²) in [5, 5.41) is 2.65. The molecule has 7 aromatic rings. The van der Waals surface area contributed by atoms with Gasteiger partial charge in [0, 0.05) is 37.2 Å². The first-order valence-electron chi connectivity index (χ1n) is 21.5. The number of thiophene rings is 1. The van der Waals surface area contributed by atoms with E-state index >= 15 is 0 Å². The first-order chi connectivity index (χ1) is 30.0. The van der Waals surface area contributed by atoms with Crippen LogP contribution in [0.3, 0.4) is 0 Å². The second kappa shape index (κ2) is 19.5. The maximum atomic E-state index is 2.41. The molecule has 300 valence electrons. The van der Waals surface area contributed by atoms with Crippen molar-refractivity contribution in [3.8, 4) is 22.3 Å². The Kier molecular flexibility index (Phi) is 13.1. The molecule has 0 N–H and O–H groups in total. The van der Waals surface area contributed by atoms with Gasteiger partial charge in [-0.05, 0) is 144 Å². The smallest absolute Gasteiger partial charge is 0.0461 e. The van der Waals surface area contributed by atoms with Gasteiger partial charge in [-0.2, -0.15) is 0 Å². The van der Waals surface area contributed by atoms with E-state index < -0.39 is 0 Å². The molecule has 6 aromatic carbocycles. The third kappa shape index (κ3) is 9.36. The summed E-state index contributed by atoms with van der Waals surface area (Å²) in [5.74, 6) is 0. The second-order valence-corrected chi connectivity index (χ2v) is 16.5. The molecular weight excluding hydrogens is 755 g/mol. The Hall–Kier alpha value is -6.74. The topological polar surface area (TPSA) is 3.24 Å². The fourth-order valence-electron chi connectivity index (χ4n) is 8.11. The molecule has 0 atom stereocenters. The Morgan fingerprint density at radius 1 is 0.574 bits per heavy atom. The predicted molar refractivity (Wildman–Crippen MR) is 270 cm³/mol. The fraction of sp³-hybridized carbons (Fsp3) is 0.119. The number of anilines is 2. The van der Waals surface area contributed by atoms with Crippen LogP contribution < -0.4 is 4.90 Å². The molecule has 0 bridgehead atoms. The van der Waals surface area contributed by atoms with Crippen molar-refractivity contribution in [3.63, 3.8) is 0 Å². The van der Waals surface area contributed by atoms with E-state index in [2.05, 4.69) is 245 Å². The number of rotatable bonds is 12. The number of benzene rings is 6. The molecule has 0 spiro atoms. The minimum Gasteiger partial charge on any atom is -0.311 e. The van der Waals surface area contributed by atoms with E-state index in [1.54, 1.807) is 0 Å². The number of fused-ring (bicyclic) bond motifs is 3. The minimum atomic E-state index is 0.949. The summed E-state index contributed by atoms with van der Waals surface area (Å²) < 4.78 is 2.65. The van der Waals surface area contributed by atoms with Crippen LogP contribution in [0.15, 0.2) is 218 Å². The molecule has 0 aliphatic heterocycles. The van der Waals surface area contributed by atoms with E-state index in [0.29, 0.717) is 0 Å². The van der Waals surface area contributed by atoms with Gasteiger partial charge in [-0.1, -0.05) is 171 Å². The molecule has 1 nitrogen and oxygen atoms in total. The van der Waals surface area contributed by atoms with Crippen molar-refractivity contribution in [1.82, 2.24) is 0 Å². The van der Waals surface area contributed by atoms with E-state index in [0.717, 1.165) is 36.3 Å². The van der Waals surface area contributed by atoms with E-state index in [1.807, 2.05) is 11.3 Å². The standard InChI is InChI=1S/C59H53NS/c1-5-8-11-19-43(4)54-39-32-49(41-57(54)48(18-7-3)20-9-6-2)46-28-35-52(36-29-46)60(51-24-15-14-23-45(27-34-51)44-21-12-10-13-22-44)53-37-30-47(31-38-53)50-33-40-56-55-25-16-17-26-58(55)61-59(56)42-50/h6-13,16-42H,5,14-15H2,1-4H3/b9-6-,11-8-,18-7-,34-27-,43-19+,45-23-,48-20+,51-24+. The van der Waals surface area contributed by atoms with Crippen LogP contribution >= 0.6 is 11.3 Å².